The lowest BCUT2D eigenvalue weighted by Gasteiger charge is -2.16. The minimum absolute atomic E-state index is 0.452. The fourth-order valence-corrected chi connectivity index (χ4v) is 3.53. The lowest BCUT2D eigenvalue weighted by Crippen LogP contribution is -2.20. The van der Waals surface area contributed by atoms with Crippen LogP contribution in [-0.4, -0.2) is 9.78 Å². The molecule has 116 valence electrons. The molecule has 3 nitrogen and oxygen atoms in total. The van der Waals surface area contributed by atoms with Crippen LogP contribution in [0.5, 0.6) is 0 Å². The van der Waals surface area contributed by atoms with Crippen molar-refractivity contribution in [3.8, 4) is 0 Å². The van der Waals surface area contributed by atoms with E-state index in [0.717, 1.165) is 25.1 Å². The zero-order valence-electron chi connectivity index (χ0n) is 13.4. The van der Waals surface area contributed by atoms with Crippen LogP contribution in [0.2, 0.25) is 0 Å². The molecule has 0 saturated heterocycles. The molecule has 2 rings (SSSR count). The highest BCUT2D eigenvalue weighted by Gasteiger charge is 2.12. The molecule has 0 aliphatic rings. The fourth-order valence-electron chi connectivity index (χ4n) is 2.69. The molecule has 0 aliphatic carbocycles. The fraction of sp³-hybridized carbons (Fsp3) is 0.588. The Balaban J connectivity index is 1.95. The first-order valence-corrected chi connectivity index (χ1v) is 8.97. The summed E-state index contributed by atoms with van der Waals surface area (Å²) in [4.78, 5) is 1.43. The molecule has 0 aromatic carbocycles. The third-order valence-electron chi connectivity index (χ3n) is 3.97. The molecule has 0 amide bonds. The number of rotatable bonds is 9. The van der Waals surface area contributed by atoms with Crippen LogP contribution in [0.4, 0.5) is 0 Å². The van der Waals surface area contributed by atoms with E-state index in [9.17, 15) is 0 Å². The highest BCUT2D eigenvalue weighted by atomic mass is 32.1. The molecular formula is C17H27N3S. The van der Waals surface area contributed by atoms with Crippen LogP contribution in [0.3, 0.4) is 0 Å². The summed E-state index contributed by atoms with van der Waals surface area (Å²) in [7, 11) is 0. The predicted molar refractivity (Wildman–Crippen MR) is 90.7 cm³/mol. The van der Waals surface area contributed by atoms with E-state index in [0.29, 0.717) is 12.1 Å². The molecule has 2 aromatic rings. The molecule has 2 heterocycles. The van der Waals surface area contributed by atoms with Crippen molar-refractivity contribution < 1.29 is 0 Å². The van der Waals surface area contributed by atoms with Gasteiger partial charge < -0.3 is 5.32 Å². The van der Waals surface area contributed by atoms with Gasteiger partial charge in [0.15, 0.2) is 0 Å². The zero-order chi connectivity index (χ0) is 15.1. The minimum Gasteiger partial charge on any atom is -0.303 e. The Kier molecular flexibility index (Phi) is 6.46. The molecule has 0 fully saturated rings. The quantitative estimate of drug-likeness (QED) is 0.711. The van der Waals surface area contributed by atoms with Crippen molar-refractivity contribution >= 4 is 11.3 Å². The summed E-state index contributed by atoms with van der Waals surface area (Å²) in [6.07, 6.45) is 6.76. The van der Waals surface area contributed by atoms with Crippen LogP contribution >= 0.6 is 11.3 Å². The van der Waals surface area contributed by atoms with Gasteiger partial charge in [-0.25, -0.2) is 0 Å². The summed E-state index contributed by atoms with van der Waals surface area (Å²) in [6.45, 7) is 7.53. The Labute approximate surface area is 132 Å². The average Bonchev–Trinajstić information content (AvgIpc) is 3.17. The molecule has 1 N–H and O–H groups in total. The first-order valence-electron chi connectivity index (χ1n) is 8.09. The van der Waals surface area contributed by atoms with Crippen molar-refractivity contribution in [3.63, 3.8) is 0 Å². The number of hydrogen-bond acceptors (Lipinski definition) is 3. The standard InChI is InChI=1S/C17H27N3S/c1-4-8-16(17-9-7-12-21-17)18-13-14-10-11-20(19-14)15(5-2)6-3/h7,9-12,15-16,18H,4-6,8,13H2,1-3H3. The maximum atomic E-state index is 4.72. The van der Waals surface area contributed by atoms with Gasteiger partial charge in [0.05, 0.1) is 11.7 Å². The second kappa shape index (κ2) is 8.35. The summed E-state index contributed by atoms with van der Waals surface area (Å²) < 4.78 is 2.12. The number of aromatic nitrogens is 2. The molecule has 4 heteroatoms. The van der Waals surface area contributed by atoms with Crippen LogP contribution in [0.1, 0.15) is 69.1 Å². The van der Waals surface area contributed by atoms with Crippen molar-refractivity contribution in [2.45, 2.75) is 65.1 Å². The summed E-state index contributed by atoms with van der Waals surface area (Å²) in [5, 5.41) is 10.5. The van der Waals surface area contributed by atoms with Gasteiger partial charge in [-0.15, -0.1) is 11.3 Å². The van der Waals surface area contributed by atoms with Gasteiger partial charge in [-0.05, 0) is 36.8 Å². The van der Waals surface area contributed by atoms with Crippen molar-refractivity contribution in [3.05, 3.63) is 40.3 Å². The SMILES string of the molecule is CCCC(NCc1ccn(C(CC)CC)n1)c1cccs1. The van der Waals surface area contributed by atoms with E-state index in [2.05, 4.69) is 60.5 Å². The van der Waals surface area contributed by atoms with Gasteiger partial charge in [-0.3, -0.25) is 4.68 Å². The Morgan fingerprint density at radius 2 is 2.05 bits per heavy atom. The third-order valence-corrected chi connectivity index (χ3v) is 4.96. The van der Waals surface area contributed by atoms with E-state index in [1.165, 1.54) is 17.7 Å². The van der Waals surface area contributed by atoms with Gasteiger partial charge in [-0.1, -0.05) is 33.3 Å². The van der Waals surface area contributed by atoms with E-state index >= 15 is 0 Å². The van der Waals surface area contributed by atoms with Crippen LogP contribution < -0.4 is 5.32 Å². The predicted octanol–water partition coefficient (Wildman–Crippen LogP) is 4.94. The first-order chi connectivity index (χ1) is 10.3. The third kappa shape index (κ3) is 4.42. The van der Waals surface area contributed by atoms with Crippen LogP contribution in [0.25, 0.3) is 0 Å². The topological polar surface area (TPSA) is 29.9 Å². The van der Waals surface area contributed by atoms with Crippen molar-refractivity contribution in [1.82, 2.24) is 15.1 Å². The van der Waals surface area contributed by atoms with E-state index < -0.39 is 0 Å². The minimum atomic E-state index is 0.452. The maximum Gasteiger partial charge on any atom is 0.0762 e. The Hall–Kier alpha value is -1.13. The van der Waals surface area contributed by atoms with Gasteiger partial charge in [0.25, 0.3) is 0 Å². The molecule has 0 spiro atoms. The molecule has 0 bridgehead atoms. The number of nitrogens with one attached hydrogen (secondary N) is 1. The van der Waals surface area contributed by atoms with Gasteiger partial charge >= 0.3 is 0 Å². The number of hydrogen-bond donors (Lipinski definition) is 1. The molecule has 2 aromatic heterocycles. The van der Waals surface area contributed by atoms with E-state index in [1.807, 2.05) is 11.3 Å². The molecule has 0 radical (unpaired) electrons. The van der Waals surface area contributed by atoms with Gasteiger partial charge in [0, 0.05) is 23.7 Å². The Bertz CT molecular complexity index is 500. The maximum absolute atomic E-state index is 4.72. The van der Waals surface area contributed by atoms with E-state index in [1.54, 1.807) is 0 Å². The largest absolute Gasteiger partial charge is 0.303 e. The van der Waals surface area contributed by atoms with E-state index in [-0.39, 0.29) is 0 Å². The molecule has 1 atom stereocenters. The lowest BCUT2D eigenvalue weighted by atomic mass is 10.1. The monoisotopic (exact) mass is 305 g/mol. The highest BCUT2D eigenvalue weighted by molar-refractivity contribution is 7.10. The van der Waals surface area contributed by atoms with Gasteiger partial charge in [-0.2, -0.15) is 5.10 Å². The van der Waals surface area contributed by atoms with Gasteiger partial charge in [0.1, 0.15) is 0 Å². The smallest absolute Gasteiger partial charge is 0.0762 e. The normalized spacial score (nSPS) is 13.0. The zero-order valence-corrected chi connectivity index (χ0v) is 14.2. The molecule has 0 aliphatic heterocycles. The molecule has 1 unspecified atom stereocenters. The number of nitrogens with zero attached hydrogens (tertiary/aromatic N) is 2. The molecular weight excluding hydrogens is 278 g/mol. The lowest BCUT2D eigenvalue weighted by molar-refractivity contribution is 0.421. The first kappa shape index (κ1) is 16.2. The molecule has 21 heavy (non-hydrogen) atoms. The van der Waals surface area contributed by atoms with Crippen LogP contribution in [0.15, 0.2) is 29.8 Å². The second-order valence-corrected chi connectivity index (χ2v) is 6.47. The summed E-state index contributed by atoms with van der Waals surface area (Å²) in [5.74, 6) is 0. The van der Waals surface area contributed by atoms with Crippen molar-refractivity contribution in [2.24, 2.45) is 0 Å². The Morgan fingerprint density at radius 1 is 1.24 bits per heavy atom. The van der Waals surface area contributed by atoms with Crippen molar-refractivity contribution in [2.75, 3.05) is 0 Å². The van der Waals surface area contributed by atoms with Crippen LogP contribution in [-0.2, 0) is 6.54 Å². The summed E-state index contributed by atoms with van der Waals surface area (Å²) in [6, 6.07) is 7.48. The van der Waals surface area contributed by atoms with Gasteiger partial charge in [0.2, 0.25) is 0 Å². The second-order valence-electron chi connectivity index (χ2n) is 5.49. The molecule has 0 saturated carbocycles. The average molecular weight is 305 g/mol. The number of thiophene rings is 1. The van der Waals surface area contributed by atoms with E-state index in [4.69, 9.17) is 5.10 Å². The van der Waals surface area contributed by atoms with Crippen molar-refractivity contribution in [1.29, 1.82) is 0 Å². The summed E-state index contributed by atoms with van der Waals surface area (Å²) >= 11 is 1.84. The van der Waals surface area contributed by atoms with Crippen LogP contribution in [0, 0.1) is 0 Å². The highest BCUT2D eigenvalue weighted by Crippen LogP contribution is 2.23. The Morgan fingerprint density at radius 3 is 2.67 bits per heavy atom. The summed E-state index contributed by atoms with van der Waals surface area (Å²) in [5.41, 5.74) is 1.14.